The van der Waals surface area contributed by atoms with Crippen molar-refractivity contribution in [3.8, 4) is 0 Å². The Hall–Kier alpha value is -0.900. The van der Waals surface area contributed by atoms with E-state index in [1.165, 1.54) is 24.0 Å². The van der Waals surface area contributed by atoms with Crippen molar-refractivity contribution in [2.24, 2.45) is 0 Å². The first-order chi connectivity index (χ1) is 8.22. The van der Waals surface area contributed by atoms with Gasteiger partial charge >= 0.3 is 0 Å². The van der Waals surface area contributed by atoms with Gasteiger partial charge in [0.15, 0.2) is 0 Å². The van der Waals surface area contributed by atoms with Gasteiger partial charge in [0.1, 0.15) is 0 Å². The second-order valence-electron chi connectivity index (χ2n) is 4.79. The van der Waals surface area contributed by atoms with Crippen LogP contribution in [-0.2, 0) is 12.8 Å². The van der Waals surface area contributed by atoms with E-state index < -0.39 is 6.10 Å². The van der Waals surface area contributed by atoms with Crippen molar-refractivity contribution in [2.75, 3.05) is 13.2 Å². The molecule has 94 valence electrons. The van der Waals surface area contributed by atoms with Crippen LogP contribution in [0.5, 0.6) is 0 Å². The molecular formula is C14H21NO2. The summed E-state index contributed by atoms with van der Waals surface area (Å²) in [6.45, 7) is 2.55. The molecule has 0 saturated carbocycles. The number of aryl methyl sites for hydroxylation is 2. The summed E-state index contributed by atoms with van der Waals surface area (Å²) in [6.07, 6.45) is 3.03. The molecule has 1 aromatic carbocycles. The summed E-state index contributed by atoms with van der Waals surface area (Å²) in [5, 5.41) is 22.1. The number of rotatable bonds is 5. The van der Waals surface area contributed by atoms with Crippen LogP contribution in [0.15, 0.2) is 18.2 Å². The molecule has 0 fully saturated rings. The molecule has 3 N–H and O–H groups in total. The first kappa shape index (κ1) is 12.6. The molecule has 1 aromatic rings. The number of aliphatic hydroxyl groups is 2. The van der Waals surface area contributed by atoms with E-state index in [4.69, 9.17) is 5.11 Å². The van der Waals surface area contributed by atoms with E-state index in [2.05, 4.69) is 17.4 Å². The fourth-order valence-electron chi connectivity index (χ4n) is 2.47. The predicted octanol–water partition coefficient (Wildman–Crippen LogP) is 1.18. The molecule has 3 nitrogen and oxygen atoms in total. The lowest BCUT2D eigenvalue weighted by Crippen LogP contribution is -2.34. The zero-order valence-corrected chi connectivity index (χ0v) is 10.3. The molecule has 3 heteroatoms. The van der Waals surface area contributed by atoms with E-state index in [1.807, 2.05) is 13.0 Å². The van der Waals surface area contributed by atoms with Crippen LogP contribution in [0.2, 0.25) is 0 Å². The van der Waals surface area contributed by atoms with Crippen LogP contribution in [0.3, 0.4) is 0 Å². The number of hydrogen-bond acceptors (Lipinski definition) is 3. The van der Waals surface area contributed by atoms with Crippen molar-refractivity contribution in [3.63, 3.8) is 0 Å². The van der Waals surface area contributed by atoms with Gasteiger partial charge in [-0.3, -0.25) is 0 Å². The minimum atomic E-state index is -0.507. The monoisotopic (exact) mass is 235 g/mol. The van der Waals surface area contributed by atoms with Gasteiger partial charge in [0.25, 0.3) is 0 Å². The lowest BCUT2D eigenvalue weighted by Gasteiger charge is -2.21. The molecule has 0 spiro atoms. The summed E-state index contributed by atoms with van der Waals surface area (Å²) < 4.78 is 0. The van der Waals surface area contributed by atoms with Gasteiger partial charge in [0.2, 0.25) is 0 Å². The Bertz CT molecular complexity index is 378. The average Bonchev–Trinajstić information content (AvgIpc) is 2.81. The maximum absolute atomic E-state index is 10.2. The fraction of sp³-hybridized carbons (Fsp3) is 0.571. The molecular weight excluding hydrogens is 214 g/mol. The number of nitrogens with one attached hydrogen (secondary N) is 1. The largest absolute Gasteiger partial charge is 0.395 e. The van der Waals surface area contributed by atoms with Gasteiger partial charge in [-0.25, -0.2) is 0 Å². The molecule has 1 aliphatic carbocycles. The summed E-state index contributed by atoms with van der Waals surface area (Å²) >= 11 is 0. The zero-order chi connectivity index (χ0) is 12.3. The summed E-state index contributed by atoms with van der Waals surface area (Å²) in [7, 11) is 0. The Morgan fingerprint density at radius 1 is 1.29 bits per heavy atom. The third-order valence-electron chi connectivity index (χ3n) is 3.52. The smallest absolute Gasteiger partial charge is 0.0940 e. The lowest BCUT2D eigenvalue weighted by atomic mass is 9.99. The van der Waals surface area contributed by atoms with E-state index in [0.717, 1.165) is 12.0 Å². The quantitative estimate of drug-likeness (QED) is 0.718. The van der Waals surface area contributed by atoms with Crippen LogP contribution in [0.25, 0.3) is 0 Å². The minimum absolute atomic E-state index is 0.0402. The van der Waals surface area contributed by atoms with Gasteiger partial charge in [0.05, 0.1) is 12.7 Å². The van der Waals surface area contributed by atoms with Gasteiger partial charge in [-0.05, 0) is 42.9 Å². The predicted molar refractivity (Wildman–Crippen MR) is 68.0 cm³/mol. The topological polar surface area (TPSA) is 52.5 Å². The lowest BCUT2D eigenvalue weighted by molar-refractivity contribution is 0.132. The summed E-state index contributed by atoms with van der Waals surface area (Å²) in [4.78, 5) is 0. The highest BCUT2D eigenvalue weighted by Crippen LogP contribution is 2.26. The summed E-state index contributed by atoms with van der Waals surface area (Å²) in [5.41, 5.74) is 3.79. The van der Waals surface area contributed by atoms with E-state index >= 15 is 0 Å². The Labute approximate surface area is 102 Å². The van der Waals surface area contributed by atoms with Crippen molar-refractivity contribution in [3.05, 3.63) is 34.9 Å². The number of fused-ring (bicyclic) bond motifs is 1. The van der Waals surface area contributed by atoms with E-state index in [0.29, 0.717) is 6.54 Å². The maximum atomic E-state index is 10.2. The molecule has 0 saturated heterocycles. The van der Waals surface area contributed by atoms with Gasteiger partial charge in [-0.1, -0.05) is 18.2 Å². The van der Waals surface area contributed by atoms with Crippen LogP contribution in [0, 0.1) is 0 Å². The second-order valence-corrected chi connectivity index (χ2v) is 4.79. The third-order valence-corrected chi connectivity index (χ3v) is 3.52. The van der Waals surface area contributed by atoms with Gasteiger partial charge in [0, 0.05) is 12.6 Å². The van der Waals surface area contributed by atoms with Crippen molar-refractivity contribution < 1.29 is 10.2 Å². The molecule has 0 aliphatic heterocycles. The van der Waals surface area contributed by atoms with Crippen LogP contribution in [0.1, 0.15) is 36.1 Å². The minimum Gasteiger partial charge on any atom is -0.395 e. The first-order valence-corrected chi connectivity index (χ1v) is 6.36. The van der Waals surface area contributed by atoms with Crippen molar-refractivity contribution in [2.45, 2.75) is 38.3 Å². The molecule has 2 rings (SSSR count). The van der Waals surface area contributed by atoms with Crippen molar-refractivity contribution >= 4 is 0 Å². The molecule has 0 radical (unpaired) electrons. The third kappa shape index (κ3) is 2.86. The van der Waals surface area contributed by atoms with E-state index in [1.54, 1.807) is 0 Å². The van der Waals surface area contributed by atoms with Gasteiger partial charge in [-0.2, -0.15) is 0 Å². The molecule has 1 aliphatic rings. The molecule has 2 atom stereocenters. The Kier molecular flexibility index (Phi) is 4.15. The number of hydrogen-bond donors (Lipinski definition) is 3. The zero-order valence-electron chi connectivity index (χ0n) is 10.3. The summed E-state index contributed by atoms with van der Waals surface area (Å²) in [6, 6.07) is 6.25. The number of benzene rings is 1. The van der Waals surface area contributed by atoms with Crippen LogP contribution < -0.4 is 5.32 Å². The normalized spacial score (nSPS) is 17.8. The molecule has 0 bridgehead atoms. The van der Waals surface area contributed by atoms with Crippen molar-refractivity contribution in [1.29, 1.82) is 0 Å². The molecule has 0 amide bonds. The van der Waals surface area contributed by atoms with Crippen LogP contribution >= 0.6 is 0 Å². The van der Waals surface area contributed by atoms with Crippen LogP contribution in [0.4, 0.5) is 0 Å². The Balaban J connectivity index is 2.06. The highest BCUT2D eigenvalue weighted by atomic mass is 16.3. The highest BCUT2D eigenvalue weighted by Gasteiger charge is 2.18. The van der Waals surface area contributed by atoms with E-state index in [-0.39, 0.29) is 12.6 Å². The maximum Gasteiger partial charge on any atom is 0.0940 e. The summed E-state index contributed by atoms with van der Waals surface area (Å²) in [5.74, 6) is 0. The second kappa shape index (κ2) is 5.63. The van der Waals surface area contributed by atoms with Gasteiger partial charge in [-0.15, -0.1) is 0 Å². The van der Waals surface area contributed by atoms with E-state index in [9.17, 15) is 5.11 Å². The van der Waals surface area contributed by atoms with Gasteiger partial charge < -0.3 is 15.5 Å². The first-order valence-electron chi connectivity index (χ1n) is 6.36. The fourth-order valence-corrected chi connectivity index (χ4v) is 2.47. The standard InChI is InChI=1S/C14H21NO2/c1-10(15-7-8-16)14(17)13-6-5-11-3-2-4-12(11)9-13/h5-6,9-10,14-17H,2-4,7-8H2,1H3. The Morgan fingerprint density at radius 2 is 2.06 bits per heavy atom. The van der Waals surface area contributed by atoms with Crippen molar-refractivity contribution in [1.82, 2.24) is 5.32 Å². The molecule has 2 unspecified atom stereocenters. The Morgan fingerprint density at radius 3 is 2.82 bits per heavy atom. The number of aliphatic hydroxyl groups excluding tert-OH is 2. The SMILES string of the molecule is CC(NCCO)C(O)c1ccc2c(c1)CCC2. The molecule has 0 heterocycles. The average molecular weight is 235 g/mol. The highest BCUT2D eigenvalue weighted by molar-refractivity contribution is 5.36. The van der Waals surface area contributed by atoms with Crippen LogP contribution in [-0.4, -0.2) is 29.4 Å². The molecule has 0 aromatic heterocycles. The molecule has 17 heavy (non-hydrogen) atoms.